The second-order valence-corrected chi connectivity index (χ2v) is 6.88. The Balaban J connectivity index is 1.61. The van der Waals surface area contributed by atoms with E-state index in [9.17, 15) is 5.11 Å². The average Bonchev–Trinajstić information content (AvgIpc) is 3.25. The highest BCUT2D eigenvalue weighted by Crippen LogP contribution is 2.38. The number of hydrogen-bond acceptors (Lipinski definition) is 7. The first-order chi connectivity index (χ1) is 15.2. The molecule has 0 saturated heterocycles. The van der Waals surface area contributed by atoms with Crippen LogP contribution in [0.25, 0.3) is 16.9 Å². The van der Waals surface area contributed by atoms with E-state index in [1.54, 1.807) is 32.0 Å². The number of hydrogen-bond donors (Lipinski definition) is 2. The maximum Gasteiger partial charge on any atom is 0.203 e. The van der Waals surface area contributed by atoms with Crippen molar-refractivity contribution in [1.29, 1.82) is 0 Å². The molecule has 0 spiro atoms. The van der Waals surface area contributed by atoms with Crippen LogP contribution in [0.5, 0.6) is 17.2 Å². The third kappa shape index (κ3) is 4.10. The Bertz CT molecular complexity index is 1180. The highest BCUT2D eigenvalue weighted by atomic mass is 16.5. The van der Waals surface area contributed by atoms with Gasteiger partial charge in [-0.15, -0.1) is 5.10 Å². The lowest BCUT2D eigenvalue weighted by Gasteiger charge is -2.14. The molecular formula is C23H24N4O4. The van der Waals surface area contributed by atoms with Crippen LogP contribution in [0.4, 0.5) is 5.82 Å². The summed E-state index contributed by atoms with van der Waals surface area (Å²) < 4.78 is 18.0. The fraction of sp³-hybridized carbons (Fsp3) is 0.217. The molecule has 0 amide bonds. The third-order valence-corrected chi connectivity index (χ3v) is 4.97. The fourth-order valence-electron chi connectivity index (χ4n) is 3.42. The van der Waals surface area contributed by atoms with Crippen molar-refractivity contribution in [3.05, 3.63) is 65.9 Å². The number of fused-ring (bicyclic) bond motifs is 1. The Morgan fingerprint density at radius 3 is 2.39 bits per heavy atom. The Hall–Kier alpha value is -3.78. The van der Waals surface area contributed by atoms with Crippen LogP contribution in [-0.4, -0.2) is 41.0 Å². The molecule has 8 heteroatoms. The van der Waals surface area contributed by atoms with Crippen LogP contribution in [0.1, 0.15) is 11.1 Å². The Labute approximate surface area is 180 Å². The van der Waals surface area contributed by atoms with Gasteiger partial charge in [0.05, 0.1) is 39.8 Å². The predicted octanol–water partition coefficient (Wildman–Crippen LogP) is 3.53. The van der Waals surface area contributed by atoms with Gasteiger partial charge < -0.3 is 24.6 Å². The lowest BCUT2D eigenvalue weighted by atomic mass is 10.1. The number of nitrogens with zero attached hydrogens (tertiary/aromatic N) is 3. The molecule has 0 aliphatic rings. The molecule has 0 fully saturated rings. The normalized spacial score (nSPS) is 10.8. The molecule has 0 saturated carbocycles. The number of nitrogens with one attached hydrogen (secondary N) is 1. The summed E-state index contributed by atoms with van der Waals surface area (Å²) in [6.45, 7) is 0.499. The van der Waals surface area contributed by atoms with Crippen molar-refractivity contribution in [2.24, 2.45) is 0 Å². The summed E-state index contributed by atoms with van der Waals surface area (Å²) in [6.07, 6.45) is 1.78. The van der Waals surface area contributed by atoms with E-state index in [1.165, 1.54) is 0 Å². The van der Waals surface area contributed by atoms with Crippen LogP contribution in [0, 0.1) is 0 Å². The summed E-state index contributed by atoms with van der Waals surface area (Å²) >= 11 is 0. The molecule has 4 rings (SSSR count). The summed E-state index contributed by atoms with van der Waals surface area (Å²) in [6, 6.07) is 15.3. The largest absolute Gasteiger partial charge is 0.493 e. The lowest BCUT2D eigenvalue weighted by Crippen LogP contribution is -2.06. The molecule has 31 heavy (non-hydrogen) atoms. The first-order valence-corrected chi connectivity index (χ1v) is 9.74. The molecule has 4 aromatic rings. The van der Waals surface area contributed by atoms with E-state index in [-0.39, 0.29) is 6.61 Å². The third-order valence-electron chi connectivity index (χ3n) is 4.97. The van der Waals surface area contributed by atoms with Crippen LogP contribution in [0.2, 0.25) is 0 Å². The zero-order chi connectivity index (χ0) is 21.8. The van der Waals surface area contributed by atoms with Gasteiger partial charge in [0.25, 0.3) is 0 Å². The van der Waals surface area contributed by atoms with Gasteiger partial charge in [0.15, 0.2) is 17.1 Å². The molecule has 0 unspecified atom stereocenters. The van der Waals surface area contributed by atoms with Crippen molar-refractivity contribution in [2.45, 2.75) is 13.2 Å². The van der Waals surface area contributed by atoms with Crippen LogP contribution in [0.15, 0.2) is 54.7 Å². The molecule has 2 heterocycles. The number of anilines is 1. The lowest BCUT2D eigenvalue weighted by molar-refractivity contribution is 0.282. The number of aliphatic hydroxyl groups excluding tert-OH is 1. The van der Waals surface area contributed by atoms with Crippen molar-refractivity contribution in [2.75, 3.05) is 26.6 Å². The van der Waals surface area contributed by atoms with E-state index in [0.717, 1.165) is 28.0 Å². The van der Waals surface area contributed by atoms with Gasteiger partial charge in [-0.25, -0.2) is 9.50 Å². The zero-order valence-electron chi connectivity index (χ0n) is 17.6. The van der Waals surface area contributed by atoms with Crippen molar-refractivity contribution < 1.29 is 19.3 Å². The number of rotatable bonds is 8. The van der Waals surface area contributed by atoms with E-state index in [2.05, 4.69) is 10.3 Å². The van der Waals surface area contributed by atoms with Crippen LogP contribution >= 0.6 is 0 Å². The van der Waals surface area contributed by atoms with E-state index in [1.807, 2.05) is 48.5 Å². The molecule has 0 atom stereocenters. The molecule has 0 bridgehead atoms. The number of aromatic nitrogens is 3. The topological polar surface area (TPSA) is 90.1 Å². The fourth-order valence-corrected chi connectivity index (χ4v) is 3.42. The molecule has 2 N–H and O–H groups in total. The number of ether oxygens (including phenoxy) is 3. The smallest absolute Gasteiger partial charge is 0.203 e. The maximum atomic E-state index is 9.43. The summed E-state index contributed by atoms with van der Waals surface area (Å²) in [4.78, 5) is 4.44. The van der Waals surface area contributed by atoms with Crippen molar-refractivity contribution >= 4 is 11.5 Å². The van der Waals surface area contributed by atoms with Gasteiger partial charge in [-0.05, 0) is 41.5 Å². The summed E-state index contributed by atoms with van der Waals surface area (Å²) in [7, 11) is 4.77. The minimum absolute atomic E-state index is 0.0143. The van der Waals surface area contributed by atoms with Crippen LogP contribution < -0.4 is 19.5 Å². The van der Waals surface area contributed by atoms with Gasteiger partial charge in [0, 0.05) is 12.1 Å². The summed E-state index contributed by atoms with van der Waals surface area (Å²) in [5.41, 5.74) is 4.32. The number of benzene rings is 2. The monoisotopic (exact) mass is 420 g/mol. The first-order valence-electron chi connectivity index (χ1n) is 9.74. The SMILES string of the molecule is COc1cc(CNc2ccc3ncc(-c4cccc(CO)c4)n3n2)cc(OC)c1OC. The van der Waals surface area contributed by atoms with E-state index in [0.29, 0.717) is 29.6 Å². The number of imidazole rings is 1. The van der Waals surface area contributed by atoms with E-state index in [4.69, 9.17) is 19.3 Å². The molecule has 2 aromatic carbocycles. The molecule has 0 radical (unpaired) electrons. The van der Waals surface area contributed by atoms with Gasteiger partial charge in [-0.2, -0.15) is 0 Å². The van der Waals surface area contributed by atoms with Gasteiger partial charge in [-0.1, -0.05) is 18.2 Å². The van der Waals surface area contributed by atoms with Crippen LogP contribution in [0.3, 0.4) is 0 Å². The molecule has 160 valence electrons. The number of methoxy groups -OCH3 is 3. The van der Waals surface area contributed by atoms with Gasteiger partial charge in [0.2, 0.25) is 5.75 Å². The molecule has 0 aliphatic heterocycles. The Kier molecular flexibility index (Phi) is 5.90. The van der Waals surface area contributed by atoms with Gasteiger partial charge in [0.1, 0.15) is 5.82 Å². The highest BCUT2D eigenvalue weighted by molar-refractivity contribution is 5.64. The molecule has 0 aliphatic carbocycles. The summed E-state index contributed by atoms with van der Waals surface area (Å²) in [5.74, 6) is 2.45. The second kappa shape index (κ2) is 8.93. The maximum absolute atomic E-state index is 9.43. The molecular weight excluding hydrogens is 396 g/mol. The average molecular weight is 420 g/mol. The standard InChI is InChI=1S/C23H24N4O4/c1-29-19-10-16(11-20(30-2)23(19)31-3)12-24-21-7-8-22-25-13-18(27(22)26-21)17-6-4-5-15(9-17)14-28/h4-11,13,28H,12,14H2,1-3H3,(H,24,26). The van der Waals surface area contributed by atoms with Gasteiger partial charge in [-0.3, -0.25) is 0 Å². The Morgan fingerprint density at radius 1 is 0.935 bits per heavy atom. The van der Waals surface area contributed by atoms with E-state index < -0.39 is 0 Å². The molecule has 8 nitrogen and oxygen atoms in total. The van der Waals surface area contributed by atoms with Crippen molar-refractivity contribution in [3.63, 3.8) is 0 Å². The zero-order valence-corrected chi connectivity index (χ0v) is 17.6. The highest BCUT2D eigenvalue weighted by Gasteiger charge is 2.14. The predicted molar refractivity (Wildman–Crippen MR) is 118 cm³/mol. The van der Waals surface area contributed by atoms with Crippen LogP contribution in [-0.2, 0) is 13.2 Å². The van der Waals surface area contributed by atoms with Crippen molar-refractivity contribution in [1.82, 2.24) is 14.6 Å². The quantitative estimate of drug-likeness (QED) is 0.451. The second-order valence-electron chi connectivity index (χ2n) is 6.88. The number of aliphatic hydroxyl groups is 1. The first kappa shape index (κ1) is 20.5. The van der Waals surface area contributed by atoms with Gasteiger partial charge >= 0.3 is 0 Å². The molecule has 2 aromatic heterocycles. The minimum atomic E-state index is -0.0143. The summed E-state index contributed by atoms with van der Waals surface area (Å²) in [5, 5.41) is 17.5. The van der Waals surface area contributed by atoms with E-state index >= 15 is 0 Å². The minimum Gasteiger partial charge on any atom is -0.493 e. The Morgan fingerprint density at radius 2 is 1.71 bits per heavy atom. The van der Waals surface area contributed by atoms with Crippen molar-refractivity contribution in [3.8, 4) is 28.5 Å².